The van der Waals surface area contributed by atoms with Crippen molar-refractivity contribution in [1.82, 2.24) is 10.6 Å². The number of carbonyl (C=O) groups excluding carboxylic acids is 3. The molecule has 2 atom stereocenters. The lowest BCUT2D eigenvalue weighted by atomic mass is 10.1. The maximum absolute atomic E-state index is 13.0. The second-order valence-corrected chi connectivity index (χ2v) is 11.3. The fourth-order valence-corrected chi connectivity index (χ4v) is 5.25. The summed E-state index contributed by atoms with van der Waals surface area (Å²) >= 11 is 6.89. The summed E-state index contributed by atoms with van der Waals surface area (Å²) < 4.78 is 14.5. The quantitative estimate of drug-likeness (QED) is 0.124. The zero-order chi connectivity index (χ0) is 30.1. The van der Waals surface area contributed by atoms with Gasteiger partial charge in [0.1, 0.15) is 18.2 Å². The Morgan fingerprint density at radius 2 is 1.64 bits per heavy atom. The number of nitrogens with zero attached hydrogens (tertiary/aromatic N) is 1. The van der Waals surface area contributed by atoms with Gasteiger partial charge in [-0.2, -0.15) is 0 Å². The number of fused-ring (bicyclic) bond motifs is 1. The molecular formula is C31H31Br2N4O5+. The monoisotopic (exact) mass is 697 g/mol. The molecule has 0 spiro atoms. The number of hydrogen-bond acceptors (Lipinski definition) is 5. The SMILES string of the molecule is CCC[n+]1cc(Br)cc(C(=O)NCC(OC(=O)NC(C)OC(=O)Nc2cccc3ccccc23)c2cccc(Br)c2)c1. The minimum absolute atomic E-state index is 0.0137. The Kier molecular flexibility index (Phi) is 10.9. The molecule has 0 fully saturated rings. The van der Waals surface area contributed by atoms with Gasteiger partial charge < -0.3 is 14.8 Å². The van der Waals surface area contributed by atoms with E-state index in [1.54, 1.807) is 36.5 Å². The fraction of sp³-hybridized carbons (Fsp3) is 0.226. The highest BCUT2D eigenvalue weighted by Crippen LogP contribution is 2.24. The number of aryl methyl sites for hydroxylation is 1. The summed E-state index contributed by atoms with van der Waals surface area (Å²) in [7, 11) is 0. The predicted molar refractivity (Wildman–Crippen MR) is 167 cm³/mol. The number of anilines is 1. The molecule has 1 heterocycles. The summed E-state index contributed by atoms with van der Waals surface area (Å²) in [5, 5.41) is 9.92. The second kappa shape index (κ2) is 14.8. The Bertz CT molecular complexity index is 1580. The summed E-state index contributed by atoms with van der Waals surface area (Å²) in [4.78, 5) is 38.4. The van der Waals surface area contributed by atoms with Crippen molar-refractivity contribution in [3.63, 3.8) is 0 Å². The first kappa shape index (κ1) is 31.0. The van der Waals surface area contributed by atoms with Crippen molar-refractivity contribution in [2.24, 2.45) is 0 Å². The van der Waals surface area contributed by atoms with Gasteiger partial charge in [0.05, 0.1) is 16.7 Å². The molecule has 11 heteroatoms. The number of hydrogen-bond donors (Lipinski definition) is 3. The van der Waals surface area contributed by atoms with Gasteiger partial charge in [0.15, 0.2) is 18.6 Å². The van der Waals surface area contributed by atoms with Gasteiger partial charge >= 0.3 is 12.2 Å². The van der Waals surface area contributed by atoms with Crippen molar-refractivity contribution in [3.05, 3.63) is 105 Å². The van der Waals surface area contributed by atoms with Gasteiger partial charge in [0.25, 0.3) is 5.91 Å². The Morgan fingerprint density at radius 3 is 2.43 bits per heavy atom. The summed E-state index contributed by atoms with van der Waals surface area (Å²) in [6.45, 7) is 4.35. The van der Waals surface area contributed by atoms with Gasteiger partial charge in [-0.15, -0.1) is 0 Å². The number of carbonyl (C=O) groups is 3. The first-order chi connectivity index (χ1) is 20.2. The molecular weight excluding hydrogens is 668 g/mol. The number of nitrogens with one attached hydrogen (secondary N) is 3. The number of ether oxygens (including phenoxy) is 2. The Balaban J connectivity index is 1.37. The zero-order valence-electron chi connectivity index (χ0n) is 23.1. The molecule has 0 bridgehead atoms. The highest BCUT2D eigenvalue weighted by atomic mass is 79.9. The maximum Gasteiger partial charge on any atom is 0.413 e. The number of halogens is 2. The van der Waals surface area contributed by atoms with Crippen LogP contribution in [0.5, 0.6) is 0 Å². The molecule has 0 saturated carbocycles. The molecule has 0 aliphatic heterocycles. The van der Waals surface area contributed by atoms with E-state index in [1.165, 1.54) is 6.92 Å². The molecule has 0 saturated heterocycles. The van der Waals surface area contributed by atoms with Crippen LogP contribution < -0.4 is 20.5 Å². The first-order valence-corrected chi connectivity index (χ1v) is 15.0. The summed E-state index contributed by atoms with van der Waals surface area (Å²) in [6.07, 6.45) is 1.23. The fourth-order valence-electron chi connectivity index (χ4n) is 4.32. The van der Waals surface area contributed by atoms with Gasteiger partial charge in [-0.3, -0.25) is 15.4 Å². The number of alkyl carbamates (subject to hydrolysis) is 1. The van der Waals surface area contributed by atoms with E-state index in [1.807, 2.05) is 53.2 Å². The van der Waals surface area contributed by atoms with Crippen LogP contribution in [-0.4, -0.2) is 30.9 Å². The lowest BCUT2D eigenvalue weighted by Gasteiger charge is -2.21. The van der Waals surface area contributed by atoms with E-state index in [0.29, 0.717) is 16.8 Å². The van der Waals surface area contributed by atoms with Gasteiger partial charge in [-0.05, 0) is 58.1 Å². The molecule has 3 aromatic carbocycles. The Morgan fingerprint density at radius 1 is 0.881 bits per heavy atom. The standard InChI is InChI=1S/C31H30Br2N4O5/c1-3-14-37-18-23(16-25(33)19-37)29(38)34-17-28(22-10-6-11-24(32)15-22)42-30(39)35-20(2)41-31(40)36-27-13-7-9-21-8-4-5-12-26(21)27/h4-13,15-16,18-20,28H,3,14,17H2,1-2H3,(H2-,34,35,36,38,39,40)/p+1. The topological polar surface area (TPSA) is 110 Å². The van der Waals surface area contributed by atoms with Crippen molar-refractivity contribution in [1.29, 1.82) is 0 Å². The van der Waals surface area contributed by atoms with E-state index in [9.17, 15) is 14.4 Å². The first-order valence-electron chi connectivity index (χ1n) is 13.4. The average molecular weight is 699 g/mol. The Hall–Kier alpha value is -3.96. The highest BCUT2D eigenvalue weighted by Gasteiger charge is 2.22. The molecule has 42 heavy (non-hydrogen) atoms. The number of rotatable bonds is 10. The van der Waals surface area contributed by atoms with Crippen LogP contribution in [0.4, 0.5) is 15.3 Å². The van der Waals surface area contributed by atoms with Crippen LogP contribution in [0.2, 0.25) is 0 Å². The van der Waals surface area contributed by atoms with Gasteiger partial charge in [0.2, 0.25) is 0 Å². The van der Waals surface area contributed by atoms with Crippen molar-refractivity contribution in [2.75, 3.05) is 11.9 Å². The van der Waals surface area contributed by atoms with Crippen LogP contribution in [0.25, 0.3) is 10.8 Å². The molecule has 1 aromatic heterocycles. The number of pyridine rings is 1. The molecule has 3 N–H and O–H groups in total. The van der Waals surface area contributed by atoms with E-state index < -0.39 is 24.5 Å². The maximum atomic E-state index is 13.0. The smallest absolute Gasteiger partial charge is 0.413 e. The van der Waals surface area contributed by atoms with Crippen LogP contribution in [0.1, 0.15) is 42.3 Å². The van der Waals surface area contributed by atoms with E-state index >= 15 is 0 Å². The van der Waals surface area contributed by atoms with E-state index in [-0.39, 0.29) is 12.5 Å². The number of amides is 3. The molecule has 0 aliphatic carbocycles. The van der Waals surface area contributed by atoms with Gasteiger partial charge in [0, 0.05) is 16.3 Å². The molecule has 9 nitrogen and oxygen atoms in total. The van der Waals surface area contributed by atoms with Crippen molar-refractivity contribution in [2.45, 2.75) is 39.1 Å². The lowest BCUT2D eigenvalue weighted by molar-refractivity contribution is -0.697. The van der Waals surface area contributed by atoms with Crippen LogP contribution in [-0.2, 0) is 16.0 Å². The summed E-state index contributed by atoms with van der Waals surface area (Å²) in [5.41, 5.74) is 1.72. The zero-order valence-corrected chi connectivity index (χ0v) is 26.3. The van der Waals surface area contributed by atoms with E-state index in [2.05, 4.69) is 54.7 Å². The largest absolute Gasteiger partial charge is 0.439 e. The van der Waals surface area contributed by atoms with Crippen LogP contribution in [0.3, 0.4) is 0 Å². The molecule has 4 rings (SSSR count). The molecule has 2 unspecified atom stereocenters. The summed E-state index contributed by atoms with van der Waals surface area (Å²) in [6, 6.07) is 22.1. The van der Waals surface area contributed by atoms with Crippen LogP contribution >= 0.6 is 31.9 Å². The van der Waals surface area contributed by atoms with Crippen molar-refractivity contribution >= 4 is 66.4 Å². The van der Waals surface area contributed by atoms with Gasteiger partial charge in [-0.25, -0.2) is 14.2 Å². The number of aromatic nitrogens is 1. The third-order valence-corrected chi connectivity index (χ3v) is 7.11. The van der Waals surface area contributed by atoms with E-state index in [0.717, 1.165) is 32.7 Å². The molecule has 218 valence electrons. The van der Waals surface area contributed by atoms with Crippen molar-refractivity contribution < 1.29 is 28.4 Å². The second-order valence-electron chi connectivity index (χ2n) is 9.48. The summed E-state index contributed by atoms with van der Waals surface area (Å²) in [5.74, 6) is -0.313. The minimum Gasteiger partial charge on any atom is -0.439 e. The lowest BCUT2D eigenvalue weighted by Crippen LogP contribution is -2.40. The van der Waals surface area contributed by atoms with Gasteiger partial charge in [-0.1, -0.05) is 71.4 Å². The average Bonchev–Trinajstić information content (AvgIpc) is 2.95. The van der Waals surface area contributed by atoms with Crippen LogP contribution in [0, 0.1) is 0 Å². The third-order valence-electron chi connectivity index (χ3n) is 6.18. The third kappa shape index (κ3) is 8.77. The van der Waals surface area contributed by atoms with Crippen molar-refractivity contribution in [3.8, 4) is 0 Å². The van der Waals surface area contributed by atoms with Crippen LogP contribution in [0.15, 0.2) is 94.1 Å². The number of benzene rings is 3. The molecule has 4 aromatic rings. The molecule has 0 radical (unpaired) electrons. The normalized spacial score (nSPS) is 12.2. The highest BCUT2D eigenvalue weighted by molar-refractivity contribution is 9.10. The Labute approximate surface area is 260 Å². The molecule has 3 amide bonds. The van der Waals surface area contributed by atoms with E-state index in [4.69, 9.17) is 9.47 Å². The molecule has 0 aliphatic rings. The minimum atomic E-state index is -0.999. The predicted octanol–water partition coefficient (Wildman–Crippen LogP) is 6.85.